The molecule has 0 bridgehead atoms. The van der Waals surface area contributed by atoms with Crippen molar-refractivity contribution in [1.82, 2.24) is 0 Å². The second-order valence-corrected chi connectivity index (χ2v) is 4.72. The lowest BCUT2D eigenvalue weighted by molar-refractivity contribution is 0.549. The lowest BCUT2D eigenvalue weighted by atomic mass is 10.1. The number of anilines is 2. The second-order valence-electron chi connectivity index (χ2n) is 4.28. The van der Waals surface area contributed by atoms with Gasteiger partial charge in [-0.15, -0.1) is 0 Å². The lowest BCUT2D eigenvalue weighted by Gasteiger charge is -2.13. The van der Waals surface area contributed by atoms with Crippen molar-refractivity contribution in [3.63, 3.8) is 0 Å². The van der Waals surface area contributed by atoms with Crippen LogP contribution in [0.2, 0.25) is 0 Å². The molecule has 0 amide bonds. The second kappa shape index (κ2) is 5.50. The molecule has 0 aromatic heterocycles. The van der Waals surface area contributed by atoms with E-state index in [0.29, 0.717) is 23.4 Å². The molecule has 0 saturated carbocycles. The summed E-state index contributed by atoms with van der Waals surface area (Å²) in [6.07, 6.45) is 0. The Kier molecular flexibility index (Phi) is 3.94. The fraction of sp³-hybridized carbons (Fsp3) is 0.0714. The minimum atomic E-state index is -1.03. The number of nitrogens with one attached hydrogen (secondary N) is 1. The topological polar surface area (TPSA) is 38.0 Å². The summed E-state index contributed by atoms with van der Waals surface area (Å²) in [5, 5.41) is 2.57. The fourth-order valence-corrected chi connectivity index (χ4v) is 1.95. The highest BCUT2D eigenvalue weighted by Crippen LogP contribution is 2.27. The normalized spacial score (nSPS) is 10.4. The maximum absolute atomic E-state index is 13.6. The van der Waals surface area contributed by atoms with Crippen molar-refractivity contribution in [2.45, 2.75) is 6.92 Å². The van der Waals surface area contributed by atoms with Gasteiger partial charge in [-0.1, -0.05) is 18.3 Å². The van der Waals surface area contributed by atoms with Crippen molar-refractivity contribution < 1.29 is 13.2 Å². The van der Waals surface area contributed by atoms with Crippen molar-refractivity contribution >= 4 is 28.6 Å². The molecule has 0 fully saturated rings. The van der Waals surface area contributed by atoms with E-state index in [0.717, 1.165) is 5.56 Å². The summed E-state index contributed by atoms with van der Waals surface area (Å²) >= 11 is 4.89. The van der Waals surface area contributed by atoms with E-state index in [9.17, 15) is 13.2 Å². The zero-order valence-electron chi connectivity index (χ0n) is 10.5. The van der Waals surface area contributed by atoms with E-state index in [1.165, 1.54) is 0 Å². The molecule has 0 radical (unpaired) electrons. The third-order valence-electron chi connectivity index (χ3n) is 2.71. The van der Waals surface area contributed by atoms with Crippen LogP contribution in [-0.2, 0) is 0 Å². The van der Waals surface area contributed by atoms with Crippen molar-refractivity contribution in [2.24, 2.45) is 5.73 Å². The number of aryl methyl sites for hydroxylation is 1. The van der Waals surface area contributed by atoms with Gasteiger partial charge in [-0.3, -0.25) is 0 Å². The first-order valence-electron chi connectivity index (χ1n) is 5.70. The Hall–Kier alpha value is -2.08. The van der Waals surface area contributed by atoms with E-state index in [1.807, 2.05) is 6.92 Å². The highest BCUT2D eigenvalue weighted by atomic mass is 32.1. The molecule has 2 aromatic rings. The lowest BCUT2D eigenvalue weighted by Crippen LogP contribution is -2.12. The Labute approximate surface area is 119 Å². The predicted octanol–water partition coefficient (Wildman–Crippen LogP) is 3.79. The Bertz CT molecular complexity index is 663. The number of hydrogen-bond acceptors (Lipinski definition) is 2. The molecular formula is C14H11F3N2S. The van der Waals surface area contributed by atoms with E-state index in [4.69, 9.17) is 18.0 Å². The number of nitrogens with two attached hydrogens (primary N) is 1. The Balaban J connectivity index is 2.50. The van der Waals surface area contributed by atoms with Crippen LogP contribution < -0.4 is 11.1 Å². The molecule has 104 valence electrons. The summed E-state index contributed by atoms with van der Waals surface area (Å²) in [7, 11) is 0. The molecule has 0 aliphatic heterocycles. The molecule has 0 atom stereocenters. The molecule has 2 nitrogen and oxygen atoms in total. The average molecular weight is 296 g/mol. The number of halogens is 3. The summed E-state index contributed by atoms with van der Waals surface area (Å²) in [5.74, 6) is -3.04. The van der Waals surface area contributed by atoms with Crippen LogP contribution in [0.5, 0.6) is 0 Å². The van der Waals surface area contributed by atoms with Gasteiger partial charge in [-0.05, 0) is 24.6 Å². The van der Waals surface area contributed by atoms with Gasteiger partial charge in [0, 0.05) is 23.4 Å². The summed E-state index contributed by atoms with van der Waals surface area (Å²) in [4.78, 5) is 0.0930. The Morgan fingerprint density at radius 1 is 1.10 bits per heavy atom. The minimum Gasteiger partial charge on any atom is -0.389 e. The zero-order valence-corrected chi connectivity index (χ0v) is 11.3. The molecule has 0 spiro atoms. The van der Waals surface area contributed by atoms with Gasteiger partial charge < -0.3 is 11.1 Å². The van der Waals surface area contributed by atoms with Crippen LogP contribution >= 0.6 is 12.2 Å². The third-order valence-corrected chi connectivity index (χ3v) is 2.93. The number of hydrogen-bond donors (Lipinski definition) is 2. The molecule has 0 aliphatic rings. The summed E-state index contributed by atoms with van der Waals surface area (Å²) < 4.78 is 40.1. The van der Waals surface area contributed by atoms with Crippen LogP contribution in [-0.4, -0.2) is 4.99 Å². The van der Waals surface area contributed by atoms with Crippen LogP contribution in [0, 0.1) is 24.4 Å². The molecule has 0 aliphatic carbocycles. The SMILES string of the molecule is Cc1ccc(C(N)=S)c(Nc2c(F)cc(F)cc2F)c1. The van der Waals surface area contributed by atoms with Crippen molar-refractivity contribution in [3.8, 4) is 0 Å². The highest BCUT2D eigenvalue weighted by molar-refractivity contribution is 7.80. The van der Waals surface area contributed by atoms with Gasteiger partial charge in [0.05, 0.1) is 0 Å². The predicted molar refractivity (Wildman–Crippen MR) is 76.7 cm³/mol. The molecular weight excluding hydrogens is 285 g/mol. The van der Waals surface area contributed by atoms with Gasteiger partial charge in [0.15, 0.2) is 11.6 Å². The number of benzene rings is 2. The molecule has 0 unspecified atom stereocenters. The number of rotatable bonds is 3. The molecule has 2 rings (SSSR count). The van der Waals surface area contributed by atoms with Gasteiger partial charge in [0.1, 0.15) is 16.5 Å². The van der Waals surface area contributed by atoms with Crippen LogP contribution in [0.25, 0.3) is 0 Å². The van der Waals surface area contributed by atoms with Crippen LogP contribution in [0.1, 0.15) is 11.1 Å². The minimum absolute atomic E-state index is 0.0930. The van der Waals surface area contributed by atoms with E-state index < -0.39 is 23.1 Å². The molecule has 0 saturated heterocycles. The summed E-state index contributed by atoms with van der Waals surface area (Å²) in [5.41, 5.74) is 6.79. The third kappa shape index (κ3) is 2.91. The average Bonchev–Trinajstić information content (AvgIpc) is 2.33. The zero-order chi connectivity index (χ0) is 14.9. The summed E-state index contributed by atoms with van der Waals surface area (Å²) in [6.45, 7) is 1.81. The van der Waals surface area contributed by atoms with Gasteiger partial charge in [-0.2, -0.15) is 0 Å². The maximum atomic E-state index is 13.6. The fourth-order valence-electron chi connectivity index (χ4n) is 1.77. The first-order valence-corrected chi connectivity index (χ1v) is 6.11. The van der Waals surface area contributed by atoms with Crippen LogP contribution in [0.3, 0.4) is 0 Å². The van der Waals surface area contributed by atoms with Gasteiger partial charge in [-0.25, -0.2) is 13.2 Å². The van der Waals surface area contributed by atoms with E-state index in [2.05, 4.69) is 5.32 Å². The molecule has 6 heteroatoms. The van der Waals surface area contributed by atoms with Gasteiger partial charge in [0.25, 0.3) is 0 Å². The highest BCUT2D eigenvalue weighted by Gasteiger charge is 2.14. The first-order chi connectivity index (χ1) is 9.38. The van der Waals surface area contributed by atoms with E-state index >= 15 is 0 Å². The van der Waals surface area contributed by atoms with Crippen molar-refractivity contribution in [3.05, 3.63) is 58.9 Å². The van der Waals surface area contributed by atoms with E-state index in [-0.39, 0.29) is 4.99 Å². The molecule has 20 heavy (non-hydrogen) atoms. The molecule has 3 N–H and O–H groups in total. The largest absolute Gasteiger partial charge is 0.389 e. The monoisotopic (exact) mass is 296 g/mol. The van der Waals surface area contributed by atoms with Crippen LogP contribution in [0.15, 0.2) is 30.3 Å². The Morgan fingerprint density at radius 2 is 1.70 bits per heavy atom. The Morgan fingerprint density at radius 3 is 2.25 bits per heavy atom. The molecule has 2 aromatic carbocycles. The first kappa shape index (κ1) is 14.3. The molecule has 0 heterocycles. The van der Waals surface area contributed by atoms with Crippen LogP contribution in [0.4, 0.5) is 24.5 Å². The smallest absolute Gasteiger partial charge is 0.152 e. The standard InChI is InChI=1S/C14H11F3N2S/c1-7-2-3-9(14(18)20)12(4-7)19-13-10(16)5-8(15)6-11(13)17/h2-6,19H,1H3,(H2,18,20). The van der Waals surface area contributed by atoms with Crippen molar-refractivity contribution in [2.75, 3.05) is 5.32 Å². The quantitative estimate of drug-likeness (QED) is 0.846. The van der Waals surface area contributed by atoms with Crippen molar-refractivity contribution in [1.29, 1.82) is 0 Å². The van der Waals surface area contributed by atoms with Gasteiger partial charge >= 0.3 is 0 Å². The van der Waals surface area contributed by atoms with E-state index in [1.54, 1.807) is 18.2 Å². The maximum Gasteiger partial charge on any atom is 0.152 e. The summed E-state index contributed by atoms with van der Waals surface area (Å²) in [6, 6.07) is 6.27. The number of thiocarbonyl (C=S) groups is 1. The van der Waals surface area contributed by atoms with Gasteiger partial charge in [0.2, 0.25) is 0 Å².